The van der Waals surface area contributed by atoms with E-state index in [1.54, 1.807) is 18.6 Å². The fourth-order valence-electron chi connectivity index (χ4n) is 1.80. The number of carbonyl (C=O) groups excluding carboxylic acids is 1. The highest BCUT2D eigenvalue weighted by Gasteiger charge is 2.30. The zero-order chi connectivity index (χ0) is 13.0. The van der Waals surface area contributed by atoms with Gasteiger partial charge in [-0.3, -0.25) is 4.79 Å². The number of carbonyl (C=O) groups is 1. The Hall–Kier alpha value is -1.11. The van der Waals surface area contributed by atoms with E-state index in [4.69, 9.17) is 9.47 Å². The molecule has 1 aromatic heterocycles. The molecule has 0 radical (unpaired) electrons. The van der Waals surface area contributed by atoms with Crippen molar-refractivity contribution < 1.29 is 19.4 Å². The molecule has 2 heterocycles. The number of hydrogen-bond donors (Lipinski definition) is 2. The number of methoxy groups -OCH3 is 1. The Kier molecular flexibility index (Phi) is 4.21. The third-order valence-corrected chi connectivity index (χ3v) is 3.94. The summed E-state index contributed by atoms with van der Waals surface area (Å²) in [5, 5.41) is 14.7. The molecule has 18 heavy (non-hydrogen) atoms. The average molecular weight is 271 g/mol. The van der Waals surface area contributed by atoms with Crippen molar-refractivity contribution in [1.82, 2.24) is 5.32 Å². The molecule has 0 aliphatic carbocycles. The second-order valence-electron chi connectivity index (χ2n) is 4.37. The molecule has 0 atom stereocenters. The standard InChI is InChI=1S/C12H17NO4S/c1-16-9-6-10(18-7-9)11(14)13-8-12(15)2-4-17-5-3-12/h6-7,15H,2-5,8H2,1H3,(H,13,14). The number of amides is 1. The Morgan fingerprint density at radius 3 is 2.94 bits per heavy atom. The summed E-state index contributed by atoms with van der Waals surface area (Å²) in [7, 11) is 1.56. The van der Waals surface area contributed by atoms with Gasteiger partial charge in [-0.2, -0.15) is 0 Å². The predicted molar refractivity (Wildman–Crippen MR) is 68.2 cm³/mol. The quantitative estimate of drug-likeness (QED) is 0.858. The minimum Gasteiger partial charge on any atom is -0.496 e. The van der Waals surface area contributed by atoms with Gasteiger partial charge in [-0.25, -0.2) is 0 Å². The van der Waals surface area contributed by atoms with Crippen molar-refractivity contribution in [1.29, 1.82) is 0 Å². The zero-order valence-corrected chi connectivity index (χ0v) is 11.1. The van der Waals surface area contributed by atoms with Gasteiger partial charge < -0.3 is 19.9 Å². The van der Waals surface area contributed by atoms with Crippen LogP contribution < -0.4 is 10.1 Å². The minimum absolute atomic E-state index is 0.178. The normalized spacial score (nSPS) is 18.3. The monoisotopic (exact) mass is 271 g/mol. The van der Waals surface area contributed by atoms with Crippen LogP contribution in [0.4, 0.5) is 0 Å². The summed E-state index contributed by atoms with van der Waals surface area (Å²) in [5.74, 6) is 0.498. The molecule has 1 saturated heterocycles. The summed E-state index contributed by atoms with van der Waals surface area (Å²) in [4.78, 5) is 12.4. The topological polar surface area (TPSA) is 67.8 Å². The fraction of sp³-hybridized carbons (Fsp3) is 0.583. The molecule has 5 nitrogen and oxygen atoms in total. The summed E-state index contributed by atoms with van der Waals surface area (Å²) < 4.78 is 10.2. The first-order valence-corrected chi connectivity index (χ1v) is 6.72. The van der Waals surface area contributed by atoms with Crippen molar-refractivity contribution in [3.8, 4) is 5.75 Å². The number of ether oxygens (including phenoxy) is 2. The van der Waals surface area contributed by atoms with Crippen LogP contribution in [-0.4, -0.2) is 43.5 Å². The van der Waals surface area contributed by atoms with E-state index in [1.807, 2.05) is 0 Å². The average Bonchev–Trinajstić information content (AvgIpc) is 2.86. The van der Waals surface area contributed by atoms with E-state index in [1.165, 1.54) is 11.3 Å². The molecule has 2 rings (SSSR count). The smallest absolute Gasteiger partial charge is 0.261 e. The lowest BCUT2D eigenvalue weighted by Crippen LogP contribution is -2.46. The Morgan fingerprint density at radius 2 is 2.33 bits per heavy atom. The van der Waals surface area contributed by atoms with Crippen LogP contribution in [0.1, 0.15) is 22.5 Å². The summed E-state index contributed by atoms with van der Waals surface area (Å²) in [6, 6.07) is 1.69. The van der Waals surface area contributed by atoms with Gasteiger partial charge in [0.2, 0.25) is 0 Å². The van der Waals surface area contributed by atoms with Crippen LogP contribution in [0.2, 0.25) is 0 Å². The Balaban J connectivity index is 1.87. The van der Waals surface area contributed by atoms with E-state index in [0.717, 1.165) is 0 Å². The van der Waals surface area contributed by atoms with Crippen LogP contribution in [0.25, 0.3) is 0 Å². The maximum absolute atomic E-state index is 11.9. The van der Waals surface area contributed by atoms with Gasteiger partial charge in [0, 0.05) is 44.0 Å². The van der Waals surface area contributed by atoms with Gasteiger partial charge in [0.1, 0.15) is 5.75 Å². The van der Waals surface area contributed by atoms with Crippen molar-refractivity contribution in [2.75, 3.05) is 26.9 Å². The van der Waals surface area contributed by atoms with Gasteiger partial charge in [0.15, 0.2) is 0 Å². The van der Waals surface area contributed by atoms with E-state index in [0.29, 0.717) is 36.7 Å². The largest absolute Gasteiger partial charge is 0.496 e. The van der Waals surface area contributed by atoms with Crippen molar-refractivity contribution in [2.24, 2.45) is 0 Å². The highest BCUT2D eigenvalue weighted by atomic mass is 32.1. The molecule has 1 aliphatic heterocycles. The molecule has 0 bridgehead atoms. The van der Waals surface area contributed by atoms with E-state index >= 15 is 0 Å². The molecular weight excluding hydrogens is 254 g/mol. The SMILES string of the molecule is COc1csc(C(=O)NCC2(O)CCOCC2)c1. The maximum Gasteiger partial charge on any atom is 0.261 e. The lowest BCUT2D eigenvalue weighted by atomic mass is 9.94. The molecular formula is C12H17NO4S. The molecule has 1 amide bonds. The molecule has 1 aliphatic rings. The summed E-state index contributed by atoms with van der Waals surface area (Å²) in [6.07, 6.45) is 1.11. The maximum atomic E-state index is 11.9. The first kappa shape index (κ1) is 13.3. The number of hydrogen-bond acceptors (Lipinski definition) is 5. The third kappa shape index (κ3) is 3.22. The molecule has 0 aromatic carbocycles. The number of aliphatic hydroxyl groups is 1. The molecule has 6 heteroatoms. The fourth-order valence-corrected chi connectivity index (χ4v) is 2.58. The van der Waals surface area contributed by atoms with E-state index in [9.17, 15) is 9.90 Å². The van der Waals surface area contributed by atoms with Gasteiger partial charge in [-0.1, -0.05) is 0 Å². The number of thiophene rings is 1. The summed E-state index contributed by atoms with van der Waals surface area (Å²) in [5.41, 5.74) is -0.838. The van der Waals surface area contributed by atoms with Crippen LogP contribution in [-0.2, 0) is 4.74 Å². The molecule has 2 N–H and O–H groups in total. The van der Waals surface area contributed by atoms with Crippen molar-refractivity contribution >= 4 is 17.2 Å². The second-order valence-corrected chi connectivity index (χ2v) is 5.28. The minimum atomic E-state index is -0.838. The van der Waals surface area contributed by atoms with Crippen LogP contribution >= 0.6 is 11.3 Å². The second kappa shape index (κ2) is 5.69. The zero-order valence-electron chi connectivity index (χ0n) is 10.3. The summed E-state index contributed by atoms with van der Waals surface area (Å²) in [6.45, 7) is 1.34. The van der Waals surface area contributed by atoms with Gasteiger partial charge in [-0.15, -0.1) is 11.3 Å². The first-order valence-electron chi connectivity index (χ1n) is 5.84. The van der Waals surface area contributed by atoms with E-state index in [2.05, 4.69) is 5.32 Å². The Morgan fingerprint density at radius 1 is 1.61 bits per heavy atom. The van der Waals surface area contributed by atoms with E-state index in [-0.39, 0.29) is 12.5 Å². The van der Waals surface area contributed by atoms with E-state index < -0.39 is 5.60 Å². The molecule has 1 fully saturated rings. The highest BCUT2D eigenvalue weighted by molar-refractivity contribution is 7.12. The van der Waals surface area contributed by atoms with Crippen LogP contribution in [0.15, 0.2) is 11.4 Å². The molecule has 1 aromatic rings. The van der Waals surface area contributed by atoms with Crippen molar-refractivity contribution in [3.63, 3.8) is 0 Å². The van der Waals surface area contributed by atoms with Crippen molar-refractivity contribution in [3.05, 3.63) is 16.3 Å². The molecule has 100 valence electrons. The van der Waals surface area contributed by atoms with Gasteiger partial charge in [0.05, 0.1) is 17.6 Å². The van der Waals surface area contributed by atoms with Crippen LogP contribution in [0.5, 0.6) is 5.75 Å². The van der Waals surface area contributed by atoms with Crippen LogP contribution in [0, 0.1) is 0 Å². The Labute approximate surface area is 110 Å². The molecule has 0 saturated carbocycles. The molecule has 0 spiro atoms. The van der Waals surface area contributed by atoms with Gasteiger partial charge in [0.25, 0.3) is 5.91 Å². The lowest BCUT2D eigenvalue weighted by molar-refractivity contribution is -0.0605. The lowest BCUT2D eigenvalue weighted by Gasteiger charge is -2.31. The highest BCUT2D eigenvalue weighted by Crippen LogP contribution is 2.22. The van der Waals surface area contributed by atoms with Crippen molar-refractivity contribution in [2.45, 2.75) is 18.4 Å². The van der Waals surface area contributed by atoms with Gasteiger partial charge in [-0.05, 0) is 0 Å². The first-order chi connectivity index (χ1) is 8.63. The number of nitrogens with one attached hydrogen (secondary N) is 1. The predicted octanol–water partition coefficient (Wildman–Crippen LogP) is 1.03. The van der Waals surface area contributed by atoms with Gasteiger partial charge >= 0.3 is 0 Å². The molecule has 0 unspecified atom stereocenters. The summed E-state index contributed by atoms with van der Waals surface area (Å²) >= 11 is 1.32. The van der Waals surface area contributed by atoms with Crippen LogP contribution in [0.3, 0.4) is 0 Å². The third-order valence-electron chi connectivity index (χ3n) is 3.04. The Bertz CT molecular complexity index is 412. The number of rotatable bonds is 4.